The molecule has 1 aromatic carbocycles. The molecule has 27 heavy (non-hydrogen) atoms. The topological polar surface area (TPSA) is 90.5 Å². The van der Waals surface area contributed by atoms with Crippen LogP contribution in [0.2, 0.25) is 0 Å². The van der Waals surface area contributed by atoms with Gasteiger partial charge in [-0.1, -0.05) is 12.1 Å². The highest BCUT2D eigenvalue weighted by molar-refractivity contribution is 6.05. The molecule has 1 aliphatic carbocycles. The van der Waals surface area contributed by atoms with Crippen molar-refractivity contribution >= 4 is 17.7 Å². The van der Waals surface area contributed by atoms with Gasteiger partial charge in [-0.2, -0.15) is 0 Å². The molecule has 7 nitrogen and oxygen atoms in total. The SMILES string of the molecule is O=C1CCC(N2Cc3c(CNC4CC5CC(C4)N5)cccc3C2=O)C(=O)N1. The molecular weight excluding hydrogens is 344 g/mol. The molecule has 3 atom stereocenters. The van der Waals surface area contributed by atoms with Crippen molar-refractivity contribution in [1.82, 2.24) is 20.9 Å². The van der Waals surface area contributed by atoms with Crippen LogP contribution in [0.25, 0.3) is 0 Å². The van der Waals surface area contributed by atoms with E-state index in [-0.39, 0.29) is 24.1 Å². The van der Waals surface area contributed by atoms with E-state index in [2.05, 4.69) is 22.0 Å². The minimum atomic E-state index is -0.556. The molecule has 3 saturated heterocycles. The highest BCUT2D eigenvalue weighted by Gasteiger charge is 2.40. The van der Waals surface area contributed by atoms with Crippen molar-refractivity contribution in [1.29, 1.82) is 0 Å². The first kappa shape index (κ1) is 16.9. The van der Waals surface area contributed by atoms with Crippen LogP contribution in [0.15, 0.2) is 18.2 Å². The van der Waals surface area contributed by atoms with Crippen LogP contribution in [-0.2, 0) is 22.7 Å². The van der Waals surface area contributed by atoms with Gasteiger partial charge in [0.05, 0.1) is 0 Å². The van der Waals surface area contributed by atoms with Crippen LogP contribution >= 0.6 is 0 Å². The summed E-state index contributed by atoms with van der Waals surface area (Å²) in [5, 5.41) is 9.56. The first-order chi connectivity index (χ1) is 13.1. The lowest BCUT2D eigenvalue weighted by atomic mass is 9.79. The summed E-state index contributed by atoms with van der Waals surface area (Å²) in [5.41, 5.74) is 2.83. The molecule has 4 fully saturated rings. The monoisotopic (exact) mass is 368 g/mol. The number of hydrogen-bond donors (Lipinski definition) is 3. The lowest BCUT2D eigenvalue weighted by Crippen LogP contribution is -2.61. The number of rotatable bonds is 4. The van der Waals surface area contributed by atoms with Crippen LogP contribution in [0.4, 0.5) is 0 Å². The fraction of sp³-hybridized carbons (Fsp3) is 0.550. The summed E-state index contributed by atoms with van der Waals surface area (Å²) in [6, 6.07) is 7.11. The van der Waals surface area contributed by atoms with Gasteiger partial charge >= 0.3 is 0 Å². The largest absolute Gasteiger partial charge is 0.322 e. The number of carbonyl (C=O) groups excluding carboxylic acids is 3. The lowest BCUT2D eigenvalue weighted by molar-refractivity contribution is -0.136. The molecular formula is C20H24N4O3. The van der Waals surface area contributed by atoms with Crippen molar-refractivity contribution in [2.45, 2.75) is 69.4 Å². The molecule has 3 unspecified atom stereocenters. The van der Waals surface area contributed by atoms with E-state index in [4.69, 9.17) is 0 Å². The molecule has 3 N–H and O–H groups in total. The number of fused-ring (bicyclic) bond motifs is 3. The third-order valence-corrected chi connectivity index (χ3v) is 6.44. The van der Waals surface area contributed by atoms with E-state index in [1.165, 1.54) is 6.42 Å². The first-order valence-corrected chi connectivity index (χ1v) is 9.83. The Morgan fingerprint density at radius 2 is 1.89 bits per heavy atom. The van der Waals surface area contributed by atoms with Crippen LogP contribution in [0.3, 0.4) is 0 Å². The van der Waals surface area contributed by atoms with Crippen molar-refractivity contribution in [2.75, 3.05) is 0 Å². The Bertz CT molecular complexity index is 807. The normalized spacial score (nSPS) is 32.1. The summed E-state index contributed by atoms with van der Waals surface area (Å²) < 4.78 is 0. The third kappa shape index (κ3) is 2.95. The summed E-state index contributed by atoms with van der Waals surface area (Å²) in [6.45, 7) is 1.18. The minimum Gasteiger partial charge on any atom is -0.322 e. The van der Waals surface area contributed by atoms with Gasteiger partial charge in [-0.05, 0) is 42.9 Å². The Balaban J connectivity index is 1.30. The van der Waals surface area contributed by atoms with Crippen molar-refractivity contribution in [3.63, 3.8) is 0 Å². The van der Waals surface area contributed by atoms with Gasteiger partial charge in [-0.15, -0.1) is 0 Å². The molecule has 3 amide bonds. The highest BCUT2D eigenvalue weighted by atomic mass is 16.2. The molecule has 7 heteroatoms. The Kier molecular flexibility index (Phi) is 4.02. The molecule has 5 aliphatic rings. The number of nitrogens with zero attached hydrogens (tertiary/aromatic N) is 1. The summed E-state index contributed by atoms with van der Waals surface area (Å²) in [4.78, 5) is 38.1. The van der Waals surface area contributed by atoms with Gasteiger partial charge in [0.2, 0.25) is 11.8 Å². The number of piperidine rings is 2. The van der Waals surface area contributed by atoms with E-state index in [0.717, 1.165) is 30.5 Å². The fourth-order valence-electron chi connectivity index (χ4n) is 5.00. The van der Waals surface area contributed by atoms with E-state index in [1.807, 2.05) is 12.1 Å². The molecule has 0 spiro atoms. The Morgan fingerprint density at radius 1 is 1.11 bits per heavy atom. The van der Waals surface area contributed by atoms with E-state index < -0.39 is 6.04 Å². The van der Waals surface area contributed by atoms with Crippen LogP contribution in [0.5, 0.6) is 0 Å². The van der Waals surface area contributed by atoms with E-state index >= 15 is 0 Å². The molecule has 4 heterocycles. The lowest BCUT2D eigenvalue weighted by Gasteiger charge is -2.46. The second-order valence-corrected chi connectivity index (χ2v) is 8.19. The zero-order chi connectivity index (χ0) is 18.5. The second-order valence-electron chi connectivity index (χ2n) is 8.19. The van der Waals surface area contributed by atoms with Gasteiger partial charge in [0.15, 0.2) is 0 Å². The van der Waals surface area contributed by atoms with E-state index in [0.29, 0.717) is 36.7 Å². The number of hydrogen-bond acceptors (Lipinski definition) is 5. The number of amides is 3. The molecule has 142 valence electrons. The predicted molar refractivity (Wildman–Crippen MR) is 97.7 cm³/mol. The number of benzene rings is 1. The average Bonchev–Trinajstić information content (AvgIpc) is 2.97. The van der Waals surface area contributed by atoms with Crippen molar-refractivity contribution in [2.24, 2.45) is 0 Å². The van der Waals surface area contributed by atoms with Crippen molar-refractivity contribution in [3.8, 4) is 0 Å². The number of carbonyl (C=O) groups is 3. The second kappa shape index (κ2) is 6.42. The fourth-order valence-corrected chi connectivity index (χ4v) is 5.00. The summed E-state index contributed by atoms with van der Waals surface area (Å²) in [6.07, 6.45) is 4.30. The number of imide groups is 1. The molecule has 1 saturated carbocycles. The van der Waals surface area contributed by atoms with Gasteiger partial charge in [-0.25, -0.2) is 0 Å². The Morgan fingerprint density at radius 3 is 2.63 bits per heavy atom. The summed E-state index contributed by atoms with van der Waals surface area (Å²) in [5.74, 6) is -0.726. The maximum atomic E-state index is 12.9. The van der Waals surface area contributed by atoms with E-state index in [1.54, 1.807) is 4.90 Å². The van der Waals surface area contributed by atoms with Gasteiger partial charge in [0.25, 0.3) is 5.91 Å². The molecule has 1 aromatic rings. The maximum Gasteiger partial charge on any atom is 0.255 e. The molecule has 2 bridgehead atoms. The average molecular weight is 368 g/mol. The van der Waals surface area contributed by atoms with Gasteiger partial charge in [0.1, 0.15) is 6.04 Å². The Labute approximate surface area is 157 Å². The summed E-state index contributed by atoms with van der Waals surface area (Å²) >= 11 is 0. The quantitative estimate of drug-likeness (QED) is 0.671. The van der Waals surface area contributed by atoms with Crippen molar-refractivity contribution < 1.29 is 14.4 Å². The zero-order valence-electron chi connectivity index (χ0n) is 15.2. The van der Waals surface area contributed by atoms with Gasteiger partial charge in [0, 0.05) is 43.2 Å². The van der Waals surface area contributed by atoms with E-state index in [9.17, 15) is 14.4 Å². The zero-order valence-corrected chi connectivity index (χ0v) is 15.2. The van der Waals surface area contributed by atoms with Gasteiger partial charge in [-0.3, -0.25) is 19.7 Å². The highest BCUT2D eigenvalue weighted by Crippen LogP contribution is 2.31. The number of nitrogens with one attached hydrogen (secondary N) is 3. The van der Waals surface area contributed by atoms with Gasteiger partial charge < -0.3 is 15.5 Å². The Hall–Kier alpha value is -2.25. The van der Waals surface area contributed by atoms with Crippen molar-refractivity contribution in [3.05, 3.63) is 34.9 Å². The predicted octanol–water partition coefficient (Wildman–Crippen LogP) is 0.430. The third-order valence-electron chi connectivity index (χ3n) is 6.44. The molecule has 0 radical (unpaired) electrons. The van der Waals surface area contributed by atoms with Crippen LogP contribution in [-0.4, -0.2) is 46.8 Å². The standard InChI is InChI=1S/C20H24N4O3/c25-18-5-4-17(19(26)23-18)24-10-16-11(2-1-3-15(16)20(24)27)9-21-12-6-13-8-14(7-12)22-13/h1-3,12-14,17,21-22H,4-10H2,(H,23,25,26). The molecule has 4 aliphatic heterocycles. The molecule has 6 rings (SSSR count). The molecule has 0 aromatic heterocycles. The van der Waals surface area contributed by atoms with Crippen LogP contribution < -0.4 is 16.0 Å². The minimum absolute atomic E-state index is 0.107. The summed E-state index contributed by atoms with van der Waals surface area (Å²) in [7, 11) is 0. The smallest absolute Gasteiger partial charge is 0.255 e. The van der Waals surface area contributed by atoms with Crippen LogP contribution in [0, 0.1) is 0 Å². The van der Waals surface area contributed by atoms with Crippen LogP contribution in [0.1, 0.15) is 53.6 Å². The first-order valence-electron chi connectivity index (χ1n) is 9.83. The maximum absolute atomic E-state index is 12.9.